The topological polar surface area (TPSA) is 422 Å². The van der Waals surface area contributed by atoms with Gasteiger partial charge in [0.05, 0.1) is 19.3 Å². The lowest BCUT2D eigenvalue weighted by Crippen LogP contribution is -2.08. The smallest absolute Gasteiger partial charge is 0.338 e. The molecule has 0 aliphatic rings. The van der Waals surface area contributed by atoms with E-state index in [1.165, 1.54) is 11.1 Å². The minimum absolute atomic E-state index is 0.331. The first-order chi connectivity index (χ1) is 72.8. The molecule has 0 saturated carbocycles. The molecule has 20 aromatic rings. The van der Waals surface area contributed by atoms with Crippen LogP contribution in [0.3, 0.4) is 0 Å². The van der Waals surface area contributed by atoms with Crippen LogP contribution in [-0.2, 0) is 4.74 Å². The molecular weight excluding hydrogens is 1860 g/mol. The summed E-state index contributed by atoms with van der Waals surface area (Å²) in [5.74, 6) is 7.41. The van der Waals surface area contributed by atoms with Gasteiger partial charge in [0.1, 0.15) is 11.6 Å². The van der Waals surface area contributed by atoms with Gasteiger partial charge in [-0.05, 0) is 266 Å². The summed E-state index contributed by atoms with van der Waals surface area (Å²) in [6.45, 7) is 16.4. The average molecular weight is 1970 g/mol. The second kappa shape index (κ2) is 51.8. The van der Waals surface area contributed by atoms with E-state index in [4.69, 9.17) is 9.47 Å². The number of pyridine rings is 1. The van der Waals surface area contributed by atoms with Crippen molar-refractivity contribution in [1.29, 1.82) is 0 Å². The van der Waals surface area contributed by atoms with Crippen molar-refractivity contribution in [2.75, 3.05) is 93.5 Å². The Labute approximate surface area is 863 Å². The van der Waals surface area contributed by atoms with Crippen LogP contribution < -0.4 is 84.5 Å². The van der Waals surface area contributed by atoms with Crippen LogP contribution in [0.2, 0.25) is 0 Å². The van der Waals surface area contributed by atoms with Gasteiger partial charge < -0.3 is 89.2 Å². The monoisotopic (exact) mass is 1970 g/mol. The summed E-state index contributed by atoms with van der Waals surface area (Å²) in [4.78, 5) is 83.8. The predicted octanol–water partition coefficient (Wildman–Crippen LogP) is 27.3. The highest BCUT2D eigenvalue weighted by atomic mass is 16.5. The van der Waals surface area contributed by atoms with E-state index >= 15 is 0 Å². The van der Waals surface area contributed by atoms with Gasteiger partial charge in [-0.1, -0.05) is 211 Å². The zero-order valence-corrected chi connectivity index (χ0v) is 83.1. The lowest BCUT2D eigenvalue weighted by molar-refractivity contribution is 0.0526. The highest BCUT2D eigenvalue weighted by Gasteiger charge is 2.18. The summed E-state index contributed by atoms with van der Waals surface area (Å²) in [7, 11) is 1.63. The number of aryl methyl sites for hydroxylation is 7. The minimum Gasteiger partial charge on any atom is -0.497 e. The number of nitrogens with zero attached hydrogens (tertiary/aromatic N) is 16. The Kier molecular flexibility index (Phi) is 35.3. The number of aromatic nitrogens is 16. The highest BCUT2D eigenvalue weighted by Crippen LogP contribution is 2.31. The number of para-hydroxylation sites is 6. The van der Waals surface area contributed by atoms with Gasteiger partial charge in [-0.15, -0.1) is 0 Å². The maximum Gasteiger partial charge on any atom is 0.338 e. The summed E-state index contributed by atoms with van der Waals surface area (Å²) >= 11 is 0. The Morgan fingerprint density at radius 3 is 0.718 bits per heavy atom. The van der Waals surface area contributed by atoms with Gasteiger partial charge in [0.25, 0.3) is 0 Å². The summed E-state index contributed by atoms with van der Waals surface area (Å²) in [5, 5.41) is 48.4. The molecule has 149 heavy (non-hydrogen) atoms. The van der Waals surface area contributed by atoms with Crippen LogP contribution in [0.4, 0.5) is 175 Å². The first-order valence-electron chi connectivity index (χ1n) is 47.7. The van der Waals surface area contributed by atoms with Crippen LogP contribution in [0.5, 0.6) is 5.75 Å². The summed E-state index contributed by atoms with van der Waals surface area (Å²) in [5.41, 5.74) is 20.9. The molecule has 0 amide bonds. The molecule has 15 N–H and O–H groups in total. The maximum atomic E-state index is 11.9. The third kappa shape index (κ3) is 32.8. The molecule has 0 atom stereocenters. The van der Waals surface area contributed by atoms with E-state index < -0.39 is 0 Å². The molecule has 742 valence electrons. The van der Waals surface area contributed by atoms with Crippen LogP contribution >= 0.6 is 0 Å². The SMILES string of the molecule is CCOC(=O)c1ccc(Nc2nc(Nc3ccc(C)cc3)nc(Nc3cccc(C)c3)n2)cc1.COc1cccc(Nc2nc(Nc3ccccc3)nc(Nc3ccccc3)n2)c1.Cc1ccc(Nc2nc(Nc3cccc(C)c3)nc(Nc3ccccc3C)n2)cc1.Cc1ccc(Nc2nc(Nc3ccccc3)nc(Nc3cccc(C)c3)n2)cc1.c1ccc(Nc2nc(Nc3ccccc3)nc(Nc3ccccn3)n2)cc1. The molecule has 34 heteroatoms. The molecule has 0 fully saturated rings. The summed E-state index contributed by atoms with van der Waals surface area (Å²) in [6.07, 6.45) is 1.70. The maximum absolute atomic E-state index is 11.9. The number of methoxy groups -OCH3 is 1. The molecule has 0 saturated heterocycles. The molecule has 6 aromatic heterocycles. The molecule has 0 spiro atoms. The van der Waals surface area contributed by atoms with E-state index in [2.05, 4.69) is 173 Å². The number of carbonyl (C=O) groups excluding carboxylic acids is 1. The Bertz CT molecular complexity index is 7500. The summed E-state index contributed by atoms with van der Waals surface area (Å²) < 4.78 is 10.3. The second-order valence-corrected chi connectivity index (χ2v) is 33.5. The van der Waals surface area contributed by atoms with Crippen molar-refractivity contribution in [3.8, 4) is 5.75 Å². The van der Waals surface area contributed by atoms with E-state index in [-0.39, 0.29) is 5.97 Å². The Morgan fingerprint density at radius 1 is 0.215 bits per heavy atom. The molecule has 20 rings (SSSR count). The number of hydrogen-bond donors (Lipinski definition) is 15. The minimum atomic E-state index is -0.358. The van der Waals surface area contributed by atoms with Gasteiger partial charge in [-0.25, -0.2) is 9.78 Å². The van der Waals surface area contributed by atoms with Gasteiger partial charge in [0.15, 0.2) is 0 Å². The number of nitrogens with one attached hydrogen (secondary N) is 15. The lowest BCUT2D eigenvalue weighted by atomic mass is 10.2. The van der Waals surface area contributed by atoms with E-state index in [1.54, 1.807) is 44.5 Å². The Hall–Kier alpha value is -20.4. The van der Waals surface area contributed by atoms with Crippen molar-refractivity contribution in [2.24, 2.45) is 0 Å². The van der Waals surface area contributed by atoms with Crippen LogP contribution in [0, 0.1) is 48.5 Å². The lowest BCUT2D eigenvalue weighted by Gasteiger charge is -2.13. The van der Waals surface area contributed by atoms with E-state index in [0.29, 0.717) is 107 Å². The molecule has 6 heterocycles. The first kappa shape index (κ1) is 101. The van der Waals surface area contributed by atoms with Gasteiger partial charge in [0, 0.05) is 91.9 Å². The average Bonchev–Trinajstić information content (AvgIpc) is 0.848. The van der Waals surface area contributed by atoms with Gasteiger partial charge in [-0.2, -0.15) is 74.8 Å². The fourth-order valence-corrected chi connectivity index (χ4v) is 14.1. The zero-order chi connectivity index (χ0) is 103. The van der Waals surface area contributed by atoms with Crippen LogP contribution in [0.1, 0.15) is 56.2 Å². The number of benzene rings is 14. The molecule has 0 radical (unpaired) electrons. The zero-order valence-electron chi connectivity index (χ0n) is 83.1. The third-order valence-corrected chi connectivity index (χ3v) is 21.3. The molecule has 0 aliphatic carbocycles. The third-order valence-electron chi connectivity index (χ3n) is 21.3. The number of ether oxygens (including phenoxy) is 2. The van der Waals surface area contributed by atoms with Crippen molar-refractivity contribution in [3.05, 3.63) is 439 Å². The molecule has 34 nitrogen and oxygen atoms in total. The number of hydrogen-bond acceptors (Lipinski definition) is 34. The number of esters is 1. The van der Waals surface area contributed by atoms with Crippen molar-refractivity contribution in [3.63, 3.8) is 0 Å². The Balaban J connectivity index is 0.000000133. The van der Waals surface area contributed by atoms with Gasteiger partial charge in [-0.3, -0.25) is 0 Å². The predicted molar refractivity (Wildman–Crippen MR) is 598 cm³/mol. The van der Waals surface area contributed by atoms with Crippen LogP contribution in [0.25, 0.3) is 0 Å². The fraction of sp³-hybridized carbons (Fsp3) is 0.0870. The number of anilines is 30. The van der Waals surface area contributed by atoms with E-state index in [9.17, 15) is 4.79 Å². The molecule has 0 unspecified atom stereocenters. The normalized spacial score (nSPS) is 10.4. The largest absolute Gasteiger partial charge is 0.497 e. The second-order valence-electron chi connectivity index (χ2n) is 33.5. The first-order valence-corrected chi connectivity index (χ1v) is 47.7. The van der Waals surface area contributed by atoms with Crippen molar-refractivity contribution in [2.45, 2.75) is 55.4 Å². The number of carbonyl (C=O) groups is 1. The fourth-order valence-electron chi connectivity index (χ4n) is 14.1. The van der Waals surface area contributed by atoms with Crippen molar-refractivity contribution in [1.82, 2.24) is 79.7 Å². The molecule has 0 aliphatic heterocycles. The van der Waals surface area contributed by atoms with Crippen molar-refractivity contribution < 1.29 is 14.3 Å². The standard InChI is InChI=1S/C26H26N6O2.C24H24N6.C23H22N6.C22H20N6O.C20H17N7/c1-4-34-23(33)19-10-14-21(15-11-19)28-25-30-24(27-20-12-8-17(2)9-13-20)31-26(32-25)29-22-7-5-6-18(3)16-22;1-16-11-13-19(14-12-16)25-22-28-23(26-20-9-6-7-17(2)15-20)30-24(29-22)27-21-10-5-4-8-18(21)3;1-16-11-13-19(14-12-16)25-22-27-21(24-18-8-4-3-5-9-18)28-23(29-22)26-20-10-6-7-17(2)15-20;1-29-19-14-8-13-18(15-19)25-22-27-20(23-16-9-4-2-5-10-16)26-21(28-22)24-17-11-6-3-7-12-17;1-3-9-15(10-4-1)22-18-25-19(23-16-11-5-2-6-12-16)27-20(26-18)24-17-13-7-8-14-21-17/h5-16H,4H2,1-3H3,(H3,27,28,29,30,31,32);4-15H,1-3H3,(H3,25,26,27,28,29,30);3-15H,1-2H3,(H3,24,25,26,27,28,29);2-15H,1H3,(H3,23,24,25,26,27,28);1-14H,(H3,21,22,23,24,25,26,27). The van der Waals surface area contributed by atoms with Crippen molar-refractivity contribution >= 4 is 181 Å². The van der Waals surface area contributed by atoms with Gasteiger partial charge >= 0.3 is 5.97 Å². The Morgan fingerprint density at radius 2 is 0.450 bits per heavy atom. The summed E-state index contributed by atoms with van der Waals surface area (Å²) in [6, 6.07) is 125. The highest BCUT2D eigenvalue weighted by molar-refractivity contribution is 5.90. The molecule has 0 bridgehead atoms. The van der Waals surface area contributed by atoms with E-state index in [0.717, 1.165) is 113 Å². The molecular formula is C115H109N31O3. The quantitative estimate of drug-likeness (QED) is 0.0170. The van der Waals surface area contributed by atoms with Gasteiger partial charge in [0.2, 0.25) is 89.2 Å². The van der Waals surface area contributed by atoms with Crippen LogP contribution in [-0.4, -0.2) is 99.4 Å². The van der Waals surface area contributed by atoms with Crippen LogP contribution in [0.15, 0.2) is 394 Å². The molecule has 14 aromatic carbocycles. The number of rotatable bonds is 33. The van der Waals surface area contributed by atoms with E-state index in [1.807, 2.05) is 399 Å².